The highest BCUT2D eigenvalue weighted by atomic mass is 13.9. The monoisotopic (exact) mass is 208 g/mol. The maximum atomic E-state index is 2.29. The van der Waals surface area contributed by atoms with Crippen LogP contribution in [0, 0.1) is 0 Å². The van der Waals surface area contributed by atoms with Gasteiger partial charge < -0.3 is 0 Å². The summed E-state index contributed by atoms with van der Waals surface area (Å²) in [6.45, 7) is 4.44. The molecule has 0 bridgehead atoms. The molecule has 0 aromatic rings. The molecule has 0 aromatic carbocycles. The summed E-state index contributed by atoms with van der Waals surface area (Å²) in [6.07, 6.45) is 21.1. The average Bonchev–Trinajstić information content (AvgIpc) is 2.26. The maximum Gasteiger partial charge on any atom is -0.0348 e. The predicted octanol–water partition coefficient (Wildman–Crippen LogP) is 5.65. The van der Waals surface area contributed by atoms with Gasteiger partial charge in [0, 0.05) is 0 Å². The third kappa shape index (κ3) is 13.5. The molecule has 0 rings (SSSR count). The lowest BCUT2D eigenvalue weighted by Crippen LogP contribution is -1.78. The molecular formula is C15H28. The molecule has 0 heterocycles. The maximum absolute atomic E-state index is 2.29. The van der Waals surface area contributed by atoms with Gasteiger partial charge in [-0.15, -0.1) is 0 Å². The van der Waals surface area contributed by atoms with E-state index in [4.69, 9.17) is 0 Å². The van der Waals surface area contributed by atoms with Crippen molar-refractivity contribution in [1.29, 1.82) is 0 Å². The van der Waals surface area contributed by atoms with Gasteiger partial charge in [-0.05, 0) is 19.3 Å². The van der Waals surface area contributed by atoms with E-state index in [1.54, 1.807) is 0 Å². The van der Waals surface area contributed by atoms with Gasteiger partial charge in [0.15, 0.2) is 0 Å². The highest BCUT2D eigenvalue weighted by Crippen LogP contribution is 2.08. The largest absolute Gasteiger partial charge is 0.0848 e. The standard InChI is InChI=1S/C15H28/c1-3-5-7-9-11-13-15-14-12-10-8-6-4-2/h5,7,9,11H,3-4,6,8,10,12-15H2,1-2H3. The van der Waals surface area contributed by atoms with Gasteiger partial charge >= 0.3 is 0 Å². The SMILES string of the molecule is CCC=CC=CCCCCCCCCC. The van der Waals surface area contributed by atoms with Crippen molar-refractivity contribution in [3.8, 4) is 0 Å². The molecule has 0 aromatic heterocycles. The van der Waals surface area contributed by atoms with E-state index in [0.717, 1.165) is 6.42 Å². The molecule has 0 N–H and O–H groups in total. The van der Waals surface area contributed by atoms with E-state index in [1.165, 1.54) is 51.4 Å². The van der Waals surface area contributed by atoms with Crippen molar-refractivity contribution in [2.45, 2.75) is 71.6 Å². The van der Waals surface area contributed by atoms with Crippen molar-refractivity contribution < 1.29 is 0 Å². The lowest BCUT2D eigenvalue weighted by atomic mass is 10.1. The second-order valence-electron chi connectivity index (χ2n) is 4.17. The Kier molecular flexibility index (Phi) is 13.0. The van der Waals surface area contributed by atoms with Crippen LogP contribution >= 0.6 is 0 Å². The van der Waals surface area contributed by atoms with Crippen LogP contribution in [-0.4, -0.2) is 0 Å². The van der Waals surface area contributed by atoms with Crippen LogP contribution in [0.5, 0.6) is 0 Å². The first-order valence-corrected chi connectivity index (χ1v) is 6.73. The first kappa shape index (κ1) is 14.5. The molecule has 88 valence electrons. The smallest absolute Gasteiger partial charge is 0.0348 e. The van der Waals surface area contributed by atoms with Crippen molar-refractivity contribution >= 4 is 0 Å². The Hall–Kier alpha value is -0.520. The summed E-state index contributed by atoms with van der Waals surface area (Å²) in [5.74, 6) is 0. The fraction of sp³-hybridized carbons (Fsp3) is 0.733. The van der Waals surface area contributed by atoms with Crippen molar-refractivity contribution in [3.05, 3.63) is 24.3 Å². The van der Waals surface area contributed by atoms with Crippen molar-refractivity contribution in [2.24, 2.45) is 0 Å². The summed E-state index contributed by atoms with van der Waals surface area (Å²) in [7, 11) is 0. The van der Waals surface area contributed by atoms with Crippen LogP contribution in [0.15, 0.2) is 24.3 Å². The summed E-state index contributed by atoms with van der Waals surface area (Å²) in [4.78, 5) is 0. The third-order valence-corrected chi connectivity index (χ3v) is 2.59. The highest BCUT2D eigenvalue weighted by molar-refractivity contribution is 5.01. The minimum absolute atomic E-state index is 1.14. The molecule has 0 heteroatoms. The summed E-state index contributed by atoms with van der Waals surface area (Å²) in [6, 6.07) is 0. The molecule has 0 fully saturated rings. The lowest BCUT2D eigenvalue weighted by molar-refractivity contribution is 0.592. The van der Waals surface area contributed by atoms with Crippen molar-refractivity contribution in [2.75, 3.05) is 0 Å². The van der Waals surface area contributed by atoms with Crippen LogP contribution in [-0.2, 0) is 0 Å². The van der Waals surface area contributed by atoms with E-state index in [0.29, 0.717) is 0 Å². The van der Waals surface area contributed by atoms with Gasteiger partial charge in [0.25, 0.3) is 0 Å². The Labute approximate surface area is 96.5 Å². The molecule has 15 heavy (non-hydrogen) atoms. The Morgan fingerprint density at radius 3 is 1.93 bits per heavy atom. The summed E-state index contributed by atoms with van der Waals surface area (Å²) >= 11 is 0. The van der Waals surface area contributed by atoms with E-state index in [-0.39, 0.29) is 0 Å². The van der Waals surface area contributed by atoms with Crippen LogP contribution in [0.4, 0.5) is 0 Å². The van der Waals surface area contributed by atoms with Crippen LogP contribution in [0.25, 0.3) is 0 Å². The Morgan fingerprint density at radius 2 is 1.27 bits per heavy atom. The Balaban J connectivity index is 3.04. The van der Waals surface area contributed by atoms with Gasteiger partial charge in [-0.25, -0.2) is 0 Å². The summed E-state index contributed by atoms with van der Waals surface area (Å²) in [5.41, 5.74) is 0. The molecule has 0 nitrogen and oxygen atoms in total. The topological polar surface area (TPSA) is 0 Å². The number of hydrogen-bond acceptors (Lipinski definition) is 0. The molecule has 0 unspecified atom stereocenters. The fourth-order valence-electron chi connectivity index (χ4n) is 1.61. The Bertz CT molecular complexity index is 153. The zero-order chi connectivity index (χ0) is 11.2. The van der Waals surface area contributed by atoms with Gasteiger partial charge in [0.2, 0.25) is 0 Å². The predicted molar refractivity (Wildman–Crippen MR) is 71.2 cm³/mol. The second-order valence-corrected chi connectivity index (χ2v) is 4.17. The lowest BCUT2D eigenvalue weighted by Gasteiger charge is -1.98. The van der Waals surface area contributed by atoms with E-state index in [9.17, 15) is 0 Å². The first-order chi connectivity index (χ1) is 7.41. The van der Waals surface area contributed by atoms with Gasteiger partial charge in [-0.1, -0.05) is 76.7 Å². The van der Waals surface area contributed by atoms with Crippen LogP contribution < -0.4 is 0 Å². The van der Waals surface area contributed by atoms with E-state index in [1.807, 2.05) is 0 Å². The number of unbranched alkanes of at least 4 members (excludes halogenated alkanes) is 7. The van der Waals surface area contributed by atoms with Crippen LogP contribution in [0.1, 0.15) is 71.6 Å². The molecule has 0 saturated carbocycles. The van der Waals surface area contributed by atoms with Crippen LogP contribution in [0.3, 0.4) is 0 Å². The molecule has 0 spiro atoms. The quantitative estimate of drug-likeness (QED) is 0.321. The zero-order valence-electron chi connectivity index (χ0n) is 10.7. The van der Waals surface area contributed by atoms with E-state index < -0.39 is 0 Å². The van der Waals surface area contributed by atoms with Gasteiger partial charge in [-0.2, -0.15) is 0 Å². The fourth-order valence-corrected chi connectivity index (χ4v) is 1.61. The number of rotatable bonds is 10. The molecule has 0 radical (unpaired) electrons. The van der Waals surface area contributed by atoms with Gasteiger partial charge in [0.05, 0.1) is 0 Å². The zero-order valence-corrected chi connectivity index (χ0v) is 10.7. The molecule has 0 saturated heterocycles. The van der Waals surface area contributed by atoms with Crippen molar-refractivity contribution in [1.82, 2.24) is 0 Å². The molecule has 0 atom stereocenters. The first-order valence-electron chi connectivity index (χ1n) is 6.73. The van der Waals surface area contributed by atoms with Gasteiger partial charge in [-0.3, -0.25) is 0 Å². The third-order valence-electron chi connectivity index (χ3n) is 2.59. The molecule has 0 amide bonds. The molecule has 0 aliphatic heterocycles. The normalized spacial score (nSPS) is 11.9. The molecule has 0 aliphatic rings. The minimum atomic E-state index is 1.14. The minimum Gasteiger partial charge on any atom is -0.0848 e. The highest BCUT2D eigenvalue weighted by Gasteiger charge is 1.88. The van der Waals surface area contributed by atoms with Gasteiger partial charge in [0.1, 0.15) is 0 Å². The van der Waals surface area contributed by atoms with Crippen molar-refractivity contribution in [3.63, 3.8) is 0 Å². The summed E-state index contributed by atoms with van der Waals surface area (Å²) < 4.78 is 0. The number of hydrogen-bond donors (Lipinski definition) is 0. The molecule has 0 aliphatic carbocycles. The number of allylic oxidation sites excluding steroid dienone is 4. The second kappa shape index (κ2) is 13.5. The van der Waals surface area contributed by atoms with Crippen LogP contribution in [0.2, 0.25) is 0 Å². The summed E-state index contributed by atoms with van der Waals surface area (Å²) in [5, 5.41) is 0. The Morgan fingerprint density at radius 1 is 0.667 bits per heavy atom. The molecular weight excluding hydrogens is 180 g/mol. The van der Waals surface area contributed by atoms with E-state index in [2.05, 4.69) is 38.2 Å². The average molecular weight is 208 g/mol. The van der Waals surface area contributed by atoms with E-state index >= 15 is 0 Å².